The van der Waals surface area contributed by atoms with E-state index in [1.165, 1.54) is 6.92 Å². The van der Waals surface area contributed by atoms with Crippen LogP contribution >= 0.6 is 22.6 Å². The van der Waals surface area contributed by atoms with Crippen LogP contribution in [0.2, 0.25) is 0 Å². The summed E-state index contributed by atoms with van der Waals surface area (Å²) in [4.78, 5) is 11.0. The fraction of sp³-hybridized carbons (Fsp3) is 0.125. The predicted molar refractivity (Wildman–Crippen MR) is 49.2 cm³/mol. The van der Waals surface area contributed by atoms with E-state index in [9.17, 15) is 4.79 Å². The van der Waals surface area contributed by atoms with E-state index in [0.717, 1.165) is 3.57 Å². The summed E-state index contributed by atoms with van der Waals surface area (Å²) in [6.45, 7) is 1.37. The van der Waals surface area contributed by atoms with Crippen molar-refractivity contribution in [1.29, 1.82) is 0 Å². The molecule has 0 unspecified atom stereocenters. The highest BCUT2D eigenvalue weighted by atomic mass is 127. The molecule has 0 spiro atoms. The summed E-state index contributed by atoms with van der Waals surface area (Å²) in [5.41, 5.74) is 0.204. The van der Waals surface area contributed by atoms with Crippen molar-refractivity contribution in [2.24, 2.45) is 0 Å². The predicted octanol–water partition coefficient (Wildman–Crippen LogP) is 2.49. The van der Waals surface area contributed by atoms with Gasteiger partial charge in [-0.15, -0.1) is 0 Å². The third kappa shape index (κ3) is 1.80. The molecule has 52 valence electrons. The van der Waals surface area contributed by atoms with Crippen LogP contribution in [-0.2, 0) is 0 Å². The first kappa shape index (κ1) is 5.29. The van der Waals surface area contributed by atoms with E-state index in [-0.39, 0.29) is 23.4 Å². The molecule has 1 aromatic carbocycles. The Kier molecular flexibility index (Phi) is 1.66. The summed E-state index contributed by atoms with van der Waals surface area (Å²) in [6.07, 6.45) is 0. The van der Waals surface area contributed by atoms with Gasteiger partial charge in [-0.05, 0) is 41.6 Å². The van der Waals surface area contributed by atoms with Crippen LogP contribution < -0.4 is 0 Å². The minimum Gasteiger partial charge on any atom is -0.295 e. The first-order chi connectivity index (χ1) is 5.52. The minimum atomic E-state index is -0.221. The Morgan fingerprint density at radius 3 is 2.50 bits per heavy atom. The van der Waals surface area contributed by atoms with Crippen molar-refractivity contribution in [3.05, 3.63) is 33.4 Å². The standard InChI is InChI=1S/C8H7IO/c1-6(10)7-2-4-8(9)5-3-7/h2-5H,1H3/i2D,3D. The molecule has 2 heteroatoms. The van der Waals surface area contributed by atoms with Gasteiger partial charge in [-0.3, -0.25) is 4.79 Å². The van der Waals surface area contributed by atoms with Crippen molar-refractivity contribution < 1.29 is 7.54 Å². The Morgan fingerprint density at radius 2 is 2.10 bits per heavy atom. The van der Waals surface area contributed by atoms with Gasteiger partial charge in [0.15, 0.2) is 5.78 Å². The summed E-state index contributed by atoms with van der Waals surface area (Å²) in [5, 5.41) is 0. The minimum absolute atomic E-state index is 0.138. The molecular formula is C8H7IO. The highest BCUT2D eigenvalue weighted by Crippen LogP contribution is 2.06. The molecule has 0 bridgehead atoms. The van der Waals surface area contributed by atoms with Crippen molar-refractivity contribution >= 4 is 28.4 Å². The monoisotopic (exact) mass is 248 g/mol. The number of halogens is 1. The molecule has 0 fully saturated rings. The normalized spacial score (nSPS) is 12.2. The molecule has 0 saturated carbocycles. The van der Waals surface area contributed by atoms with E-state index >= 15 is 0 Å². The smallest absolute Gasteiger partial charge is 0.159 e. The second-order valence-electron chi connectivity index (χ2n) is 1.89. The molecule has 0 N–H and O–H groups in total. The van der Waals surface area contributed by atoms with Crippen LogP contribution in [0, 0.1) is 3.57 Å². The molecule has 0 saturated heterocycles. The summed E-state index contributed by atoms with van der Waals surface area (Å²) >= 11 is 2.02. The zero-order valence-corrected chi connectivity index (χ0v) is 7.60. The van der Waals surface area contributed by atoms with Crippen molar-refractivity contribution in [3.63, 3.8) is 0 Å². The van der Waals surface area contributed by atoms with Crippen molar-refractivity contribution in [2.45, 2.75) is 6.92 Å². The van der Waals surface area contributed by atoms with E-state index in [0.29, 0.717) is 0 Å². The van der Waals surface area contributed by atoms with Crippen LogP contribution in [0.25, 0.3) is 0 Å². The van der Waals surface area contributed by atoms with E-state index in [1.807, 2.05) is 22.6 Å². The first-order valence-corrected chi connectivity index (χ1v) is 3.88. The Labute approximate surface area is 76.4 Å². The van der Waals surface area contributed by atoms with Crippen LogP contribution in [-0.4, -0.2) is 5.78 Å². The van der Waals surface area contributed by atoms with Gasteiger partial charge in [0, 0.05) is 9.13 Å². The first-order valence-electron chi connectivity index (χ1n) is 3.80. The van der Waals surface area contributed by atoms with Crippen molar-refractivity contribution in [3.8, 4) is 0 Å². The van der Waals surface area contributed by atoms with Crippen LogP contribution in [0.1, 0.15) is 20.0 Å². The maximum atomic E-state index is 11.0. The molecule has 1 rings (SSSR count). The number of carbonyl (C=O) groups excluding carboxylic acids is 1. The highest BCUT2D eigenvalue weighted by Gasteiger charge is 1.95. The van der Waals surface area contributed by atoms with E-state index < -0.39 is 0 Å². The number of Topliss-reactive ketones (excluding diaryl/α,β-unsaturated/α-hetero) is 1. The molecule has 0 radical (unpaired) electrons. The van der Waals surface area contributed by atoms with Gasteiger partial charge in [0.25, 0.3) is 0 Å². The third-order valence-corrected chi connectivity index (χ3v) is 1.68. The lowest BCUT2D eigenvalue weighted by molar-refractivity contribution is 0.101. The molecule has 1 nitrogen and oxygen atoms in total. The van der Waals surface area contributed by atoms with Crippen LogP contribution in [0.15, 0.2) is 24.2 Å². The molecule has 10 heavy (non-hydrogen) atoms. The largest absolute Gasteiger partial charge is 0.295 e. The van der Waals surface area contributed by atoms with Gasteiger partial charge < -0.3 is 0 Å². The molecule has 1 aromatic rings. The van der Waals surface area contributed by atoms with Crippen LogP contribution in [0.5, 0.6) is 0 Å². The van der Waals surface area contributed by atoms with Gasteiger partial charge in [0.05, 0.1) is 2.74 Å². The Bertz CT molecular complexity index is 313. The third-order valence-electron chi connectivity index (χ3n) is 1.06. The number of rotatable bonds is 1. The van der Waals surface area contributed by atoms with Gasteiger partial charge in [-0.1, -0.05) is 12.1 Å². The SMILES string of the molecule is [2H]c1cc(I)cc([2H])c1C(C)=O. The van der Waals surface area contributed by atoms with E-state index in [1.54, 1.807) is 12.1 Å². The molecule has 0 heterocycles. The number of hydrogen-bond donors (Lipinski definition) is 0. The summed E-state index contributed by atoms with van der Waals surface area (Å²) < 4.78 is 15.7. The Morgan fingerprint density at radius 1 is 1.60 bits per heavy atom. The fourth-order valence-electron chi connectivity index (χ4n) is 0.569. The number of hydrogen-bond acceptors (Lipinski definition) is 1. The topological polar surface area (TPSA) is 17.1 Å². The second-order valence-corrected chi connectivity index (χ2v) is 3.14. The molecule has 0 aliphatic heterocycles. The van der Waals surface area contributed by atoms with Gasteiger partial charge in [0.1, 0.15) is 0 Å². The molecule has 0 aromatic heterocycles. The second kappa shape index (κ2) is 3.14. The molecule has 0 amide bonds. The number of carbonyl (C=O) groups is 1. The summed E-state index contributed by atoms with van der Waals surface area (Å²) in [5.74, 6) is -0.221. The van der Waals surface area contributed by atoms with Gasteiger partial charge in [0.2, 0.25) is 0 Å². The zero-order chi connectivity index (χ0) is 9.30. The van der Waals surface area contributed by atoms with Crippen molar-refractivity contribution in [1.82, 2.24) is 0 Å². The molecule has 0 atom stereocenters. The quantitative estimate of drug-likeness (QED) is 0.551. The summed E-state index contributed by atoms with van der Waals surface area (Å²) in [6, 6.07) is 3.43. The number of ketones is 1. The lowest BCUT2D eigenvalue weighted by Gasteiger charge is -1.92. The van der Waals surface area contributed by atoms with Gasteiger partial charge in [-0.2, -0.15) is 0 Å². The molecular weight excluding hydrogens is 239 g/mol. The molecule has 0 aliphatic carbocycles. The van der Waals surface area contributed by atoms with Crippen LogP contribution in [0.4, 0.5) is 0 Å². The van der Waals surface area contributed by atoms with Gasteiger partial charge in [-0.25, -0.2) is 0 Å². The van der Waals surface area contributed by atoms with E-state index in [4.69, 9.17) is 2.74 Å². The maximum absolute atomic E-state index is 11.0. The maximum Gasteiger partial charge on any atom is 0.159 e. The fourth-order valence-corrected chi connectivity index (χ4v) is 0.880. The van der Waals surface area contributed by atoms with E-state index in [2.05, 4.69) is 0 Å². The Balaban J connectivity index is 3.38. The lowest BCUT2D eigenvalue weighted by atomic mass is 10.2. The van der Waals surface area contributed by atoms with Gasteiger partial charge >= 0.3 is 0 Å². The Hall–Kier alpha value is -0.380. The lowest BCUT2D eigenvalue weighted by Crippen LogP contribution is -1.89. The van der Waals surface area contributed by atoms with Crippen molar-refractivity contribution in [2.75, 3.05) is 0 Å². The average Bonchev–Trinajstić information content (AvgIpc) is 1.82. The molecule has 0 aliphatic rings. The number of benzene rings is 1. The summed E-state index contributed by atoms with van der Waals surface area (Å²) in [7, 11) is 0. The average molecular weight is 248 g/mol. The zero-order valence-electron chi connectivity index (χ0n) is 7.44. The highest BCUT2D eigenvalue weighted by molar-refractivity contribution is 14.1. The van der Waals surface area contributed by atoms with Crippen LogP contribution in [0.3, 0.4) is 0 Å².